The van der Waals surface area contributed by atoms with Crippen LogP contribution in [0.3, 0.4) is 0 Å². The average Bonchev–Trinajstić information content (AvgIpc) is 3.32. The molecule has 0 aromatic heterocycles. The predicted octanol–water partition coefficient (Wildman–Crippen LogP) is 3.55. The van der Waals surface area contributed by atoms with Crippen LogP contribution < -0.4 is 0 Å². The Morgan fingerprint density at radius 2 is 1.57 bits per heavy atom. The van der Waals surface area contributed by atoms with Crippen LogP contribution in [0.4, 0.5) is 0 Å². The van der Waals surface area contributed by atoms with Crippen molar-refractivity contribution >= 4 is 35.0 Å². The maximum absolute atomic E-state index is 12.9. The van der Waals surface area contributed by atoms with Crippen LogP contribution in [0.15, 0.2) is 30.4 Å². The van der Waals surface area contributed by atoms with Crippen molar-refractivity contribution in [3.8, 4) is 0 Å². The lowest BCUT2D eigenvalue weighted by atomic mass is 9.63. The Hall–Kier alpha value is -1.32. The number of carbonyl (C=O) groups is 2. The second kappa shape index (κ2) is 4.61. The molecular weight excluding hydrogens is 333 g/mol. The maximum Gasteiger partial charge on any atom is 0.234 e. The van der Waals surface area contributed by atoms with E-state index in [-0.39, 0.29) is 42.0 Å². The first-order valence-corrected chi connectivity index (χ1v) is 8.79. The molecule has 2 bridgehead atoms. The van der Waals surface area contributed by atoms with Crippen molar-refractivity contribution in [2.45, 2.75) is 13.0 Å². The van der Waals surface area contributed by atoms with E-state index in [2.05, 4.69) is 12.2 Å². The Morgan fingerprint density at radius 1 is 0.957 bits per heavy atom. The van der Waals surface area contributed by atoms with E-state index in [0.29, 0.717) is 21.9 Å². The molecule has 1 aromatic carbocycles. The number of hydrogen-bond acceptors (Lipinski definition) is 2. The molecule has 5 aliphatic rings. The van der Waals surface area contributed by atoms with Crippen LogP contribution in [-0.2, 0) is 16.1 Å². The van der Waals surface area contributed by atoms with Gasteiger partial charge in [0.25, 0.3) is 0 Å². The molecule has 4 aliphatic carbocycles. The third kappa shape index (κ3) is 1.84. The molecule has 1 saturated heterocycles. The quantitative estimate of drug-likeness (QED) is 0.606. The van der Waals surface area contributed by atoms with E-state index in [1.54, 1.807) is 12.1 Å². The van der Waals surface area contributed by atoms with Crippen LogP contribution in [0.5, 0.6) is 0 Å². The number of imide groups is 1. The minimum absolute atomic E-state index is 0.00391. The normalized spacial score (nSPS) is 39.7. The Labute approximate surface area is 144 Å². The molecule has 5 heteroatoms. The number of halogens is 2. The largest absolute Gasteiger partial charge is 0.278 e. The Balaban J connectivity index is 1.46. The standard InChI is InChI=1S/C18H15Cl2NO2/c19-13-4-1-8(5-14(13)20)7-21-17(22)15-9-2-3-10(12-6-11(9)12)16(15)18(21)23/h1-5,9-12,15-16H,6-7H2/t9-,10-,11-,12+,15+,16+/m0/s1. The van der Waals surface area contributed by atoms with Gasteiger partial charge in [-0.1, -0.05) is 41.4 Å². The lowest BCUT2D eigenvalue weighted by Crippen LogP contribution is -2.40. The van der Waals surface area contributed by atoms with Crippen LogP contribution in [-0.4, -0.2) is 16.7 Å². The Morgan fingerprint density at radius 3 is 2.13 bits per heavy atom. The number of hydrogen-bond donors (Lipinski definition) is 0. The van der Waals surface area contributed by atoms with E-state index in [9.17, 15) is 9.59 Å². The molecule has 0 N–H and O–H groups in total. The van der Waals surface area contributed by atoms with Crippen LogP contribution in [0, 0.1) is 35.5 Å². The molecule has 3 fully saturated rings. The number of allylic oxidation sites excluding steroid dienone is 2. The van der Waals surface area contributed by atoms with Gasteiger partial charge in [-0.15, -0.1) is 0 Å². The third-order valence-corrected chi connectivity index (χ3v) is 6.82. The number of amides is 2. The summed E-state index contributed by atoms with van der Waals surface area (Å²) in [4.78, 5) is 27.2. The summed E-state index contributed by atoms with van der Waals surface area (Å²) in [6.07, 6.45) is 5.56. The maximum atomic E-state index is 12.9. The zero-order valence-electron chi connectivity index (χ0n) is 12.3. The number of carbonyl (C=O) groups excluding carboxylic acids is 2. The number of likely N-dealkylation sites (tertiary alicyclic amines) is 1. The molecule has 2 amide bonds. The minimum Gasteiger partial charge on any atom is -0.278 e. The van der Waals surface area contributed by atoms with Crippen molar-refractivity contribution < 1.29 is 9.59 Å². The fourth-order valence-corrected chi connectivity index (χ4v) is 5.32. The van der Waals surface area contributed by atoms with Gasteiger partial charge in [-0.25, -0.2) is 0 Å². The minimum atomic E-state index is -0.135. The summed E-state index contributed by atoms with van der Waals surface area (Å²) in [5.41, 5.74) is 0.838. The topological polar surface area (TPSA) is 37.4 Å². The summed E-state index contributed by atoms with van der Waals surface area (Å²) in [7, 11) is 0. The number of benzene rings is 1. The lowest BCUT2D eigenvalue weighted by molar-refractivity contribution is -0.140. The number of rotatable bonds is 2. The fourth-order valence-electron chi connectivity index (χ4n) is 5.00. The van der Waals surface area contributed by atoms with E-state index in [4.69, 9.17) is 23.2 Å². The second-order valence-corrected chi connectivity index (χ2v) is 7.98. The van der Waals surface area contributed by atoms with Crippen molar-refractivity contribution in [2.75, 3.05) is 0 Å². The molecule has 23 heavy (non-hydrogen) atoms. The smallest absolute Gasteiger partial charge is 0.234 e. The molecule has 6 atom stereocenters. The molecule has 1 heterocycles. The first kappa shape index (κ1) is 14.1. The predicted molar refractivity (Wildman–Crippen MR) is 86.7 cm³/mol. The summed E-state index contributed by atoms with van der Waals surface area (Å²) in [5, 5.41) is 0.925. The number of nitrogens with zero attached hydrogens (tertiary/aromatic N) is 1. The van der Waals surface area contributed by atoms with E-state index in [0.717, 1.165) is 5.56 Å². The van der Waals surface area contributed by atoms with Gasteiger partial charge in [-0.3, -0.25) is 14.5 Å². The zero-order chi connectivity index (χ0) is 15.9. The van der Waals surface area contributed by atoms with Crippen molar-refractivity contribution in [3.05, 3.63) is 46.0 Å². The molecule has 0 radical (unpaired) electrons. The monoisotopic (exact) mass is 347 g/mol. The highest BCUT2D eigenvalue weighted by Crippen LogP contribution is 2.65. The van der Waals surface area contributed by atoms with Gasteiger partial charge in [0.05, 0.1) is 28.4 Å². The summed E-state index contributed by atoms with van der Waals surface area (Å²) in [6.45, 7) is 0.288. The van der Waals surface area contributed by atoms with Crippen LogP contribution in [0.1, 0.15) is 12.0 Å². The molecule has 1 aromatic rings. The van der Waals surface area contributed by atoms with Crippen molar-refractivity contribution in [1.29, 1.82) is 0 Å². The van der Waals surface area contributed by atoms with Gasteiger partial charge >= 0.3 is 0 Å². The molecule has 0 spiro atoms. The Bertz CT molecular complexity index is 738. The summed E-state index contributed by atoms with van der Waals surface area (Å²) in [6, 6.07) is 5.26. The first-order valence-electron chi connectivity index (χ1n) is 8.04. The highest BCUT2D eigenvalue weighted by atomic mass is 35.5. The highest BCUT2D eigenvalue weighted by molar-refractivity contribution is 6.42. The van der Waals surface area contributed by atoms with Gasteiger partial charge in [-0.2, -0.15) is 0 Å². The Kier molecular flexibility index (Phi) is 2.82. The summed E-state index contributed by atoms with van der Waals surface area (Å²) >= 11 is 12.0. The van der Waals surface area contributed by atoms with Gasteiger partial charge in [0, 0.05) is 0 Å². The molecule has 118 valence electrons. The van der Waals surface area contributed by atoms with Gasteiger partial charge < -0.3 is 0 Å². The SMILES string of the molecule is O=C1[C@@H]2[C@H]3C=C[C@@H]([C@@H]4C[C@H]34)[C@H]2C(=O)N1Cc1ccc(Cl)c(Cl)c1. The molecule has 1 aliphatic heterocycles. The highest BCUT2D eigenvalue weighted by Gasteiger charge is 2.66. The van der Waals surface area contributed by atoms with Crippen molar-refractivity contribution in [3.63, 3.8) is 0 Å². The zero-order valence-corrected chi connectivity index (χ0v) is 13.8. The van der Waals surface area contributed by atoms with Crippen LogP contribution >= 0.6 is 23.2 Å². The van der Waals surface area contributed by atoms with E-state index in [1.807, 2.05) is 6.07 Å². The lowest BCUT2D eigenvalue weighted by Gasteiger charge is -2.37. The second-order valence-electron chi connectivity index (χ2n) is 7.17. The van der Waals surface area contributed by atoms with Crippen molar-refractivity contribution in [2.24, 2.45) is 35.5 Å². The molecule has 2 saturated carbocycles. The van der Waals surface area contributed by atoms with E-state index < -0.39 is 0 Å². The van der Waals surface area contributed by atoms with E-state index in [1.165, 1.54) is 11.3 Å². The van der Waals surface area contributed by atoms with Gasteiger partial charge in [0.1, 0.15) is 0 Å². The molecular formula is C18H15Cl2NO2. The third-order valence-electron chi connectivity index (χ3n) is 6.08. The summed E-state index contributed by atoms with van der Waals surface area (Å²) < 4.78 is 0. The van der Waals surface area contributed by atoms with Gasteiger partial charge in [0.15, 0.2) is 0 Å². The van der Waals surface area contributed by atoms with Crippen LogP contribution in [0.2, 0.25) is 10.0 Å². The fraction of sp³-hybridized carbons (Fsp3) is 0.444. The van der Waals surface area contributed by atoms with Gasteiger partial charge in [-0.05, 0) is 47.8 Å². The molecule has 6 rings (SSSR count). The van der Waals surface area contributed by atoms with E-state index >= 15 is 0 Å². The van der Waals surface area contributed by atoms with Gasteiger partial charge in [0.2, 0.25) is 11.8 Å². The molecule has 0 unspecified atom stereocenters. The first-order chi connectivity index (χ1) is 11.1. The summed E-state index contributed by atoms with van der Waals surface area (Å²) in [5.74, 6) is 1.52. The average molecular weight is 348 g/mol. The molecule has 3 nitrogen and oxygen atoms in total. The van der Waals surface area contributed by atoms with Crippen LogP contribution in [0.25, 0.3) is 0 Å². The van der Waals surface area contributed by atoms with Crippen molar-refractivity contribution in [1.82, 2.24) is 4.90 Å².